The molecule has 0 heterocycles. The average molecular weight is 172 g/mol. The van der Waals surface area contributed by atoms with E-state index in [2.05, 4.69) is 0 Å². The van der Waals surface area contributed by atoms with Crippen LogP contribution in [-0.4, -0.2) is 48.2 Å². The molecule has 0 bridgehead atoms. The molecular weight excluding hydrogens is 155 g/mol. The van der Waals surface area contributed by atoms with Crippen molar-refractivity contribution in [2.75, 3.05) is 19.8 Å². The van der Waals surface area contributed by atoms with Gasteiger partial charge >= 0.3 is 28.4 Å². The van der Waals surface area contributed by atoms with Gasteiger partial charge < -0.3 is 13.3 Å². The van der Waals surface area contributed by atoms with Crippen molar-refractivity contribution < 1.29 is 13.3 Å². The van der Waals surface area contributed by atoms with Crippen LogP contribution in [0.3, 0.4) is 0 Å². The van der Waals surface area contributed by atoms with Crippen molar-refractivity contribution in [1.29, 1.82) is 0 Å². The van der Waals surface area contributed by atoms with Gasteiger partial charge in [0.1, 0.15) is 0 Å². The Labute approximate surface area is 82.5 Å². The fourth-order valence-corrected chi connectivity index (χ4v) is 1.66. The number of rotatable bonds is 6. The second-order valence-electron chi connectivity index (χ2n) is 1.65. The molecule has 0 rings (SSSR count). The monoisotopic (exact) mass is 172 g/mol. The zero-order valence-corrected chi connectivity index (χ0v) is 8.08. The predicted octanol–water partition coefficient (Wildman–Crippen LogP) is 0.165. The minimum atomic E-state index is -1.73. The summed E-state index contributed by atoms with van der Waals surface area (Å²) in [4.78, 5) is 0. The molecule has 0 fully saturated rings. The molecule has 0 aliphatic carbocycles. The third-order valence-electron chi connectivity index (χ3n) is 0.908. The summed E-state index contributed by atoms with van der Waals surface area (Å²) in [6.45, 7) is 7.86. The summed E-state index contributed by atoms with van der Waals surface area (Å²) in [7, 11) is -1.73. The Morgan fingerprint density at radius 3 is 1.27 bits per heavy atom. The maximum atomic E-state index is 5.22. The quantitative estimate of drug-likeness (QED) is 0.534. The van der Waals surface area contributed by atoms with Crippen molar-refractivity contribution in [3.8, 4) is 0 Å². The second-order valence-corrected chi connectivity index (χ2v) is 3.23. The standard InChI is InChI=1S/C6H16O3Si.Li.H/c1-4-7-10(8-5-2)9-6-3;;/h10H,4-6H2,1-3H3;;. The van der Waals surface area contributed by atoms with Crippen molar-refractivity contribution >= 4 is 28.4 Å². The molecule has 0 N–H and O–H groups in total. The second kappa shape index (κ2) is 10.7. The van der Waals surface area contributed by atoms with Crippen LogP contribution in [0.2, 0.25) is 0 Å². The van der Waals surface area contributed by atoms with E-state index >= 15 is 0 Å². The molecule has 11 heavy (non-hydrogen) atoms. The van der Waals surface area contributed by atoms with E-state index in [1.807, 2.05) is 20.8 Å². The van der Waals surface area contributed by atoms with Crippen molar-refractivity contribution in [2.45, 2.75) is 20.8 Å². The SMILES string of the molecule is CCO[SiH](OCC)OCC.[LiH]. The first-order chi connectivity index (χ1) is 4.85. The minimum absolute atomic E-state index is 0. The van der Waals surface area contributed by atoms with Gasteiger partial charge in [0.15, 0.2) is 0 Å². The van der Waals surface area contributed by atoms with E-state index in [4.69, 9.17) is 13.3 Å². The Morgan fingerprint density at radius 1 is 0.818 bits per heavy atom. The summed E-state index contributed by atoms with van der Waals surface area (Å²) in [5, 5.41) is 0. The Bertz CT molecular complexity index is 60.6. The van der Waals surface area contributed by atoms with Crippen LogP contribution in [0.1, 0.15) is 20.8 Å². The van der Waals surface area contributed by atoms with E-state index in [1.165, 1.54) is 0 Å². The van der Waals surface area contributed by atoms with E-state index in [-0.39, 0.29) is 18.9 Å². The average Bonchev–Trinajstić information content (AvgIpc) is 1.90. The Balaban J connectivity index is 0. The van der Waals surface area contributed by atoms with Gasteiger partial charge in [0.2, 0.25) is 0 Å². The zero-order valence-electron chi connectivity index (χ0n) is 6.92. The van der Waals surface area contributed by atoms with Gasteiger partial charge in [-0.25, -0.2) is 0 Å². The first kappa shape index (κ1) is 14.2. The zero-order chi connectivity index (χ0) is 7.82. The maximum absolute atomic E-state index is 5.22. The molecule has 0 radical (unpaired) electrons. The molecule has 0 aromatic heterocycles. The predicted molar refractivity (Wildman–Crippen MR) is 49.2 cm³/mol. The van der Waals surface area contributed by atoms with Crippen LogP contribution in [-0.2, 0) is 13.3 Å². The van der Waals surface area contributed by atoms with Crippen LogP contribution in [0, 0.1) is 0 Å². The van der Waals surface area contributed by atoms with Crippen molar-refractivity contribution in [3.63, 3.8) is 0 Å². The van der Waals surface area contributed by atoms with E-state index in [1.54, 1.807) is 0 Å². The summed E-state index contributed by atoms with van der Waals surface area (Å²) in [5.41, 5.74) is 0. The van der Waals surface area contributed by atoms with E-state index < -0.39 is 9.53 Å². The van der Waals surface area contributed by atoms with Gasteiger partial charge in [0, 0.05) is 19.8 Å². The Kier molecular flexibility index (Phi) is 13.8. The number of hydrogen-bond donors (Lipinski definition) is 0. The van der Waals surface area contributed by atoms with Crippen LogP contribution < -0.4 is 0 Å². The van der Waals surface area contributed by atoms with Crippen LogP contribution in [0.5, 0.6) is 0 Å². The first-order valence-electron chi connectivity index (χ1n) is 3.69. The molecule has 0 aromatic carbocycles. The van der Waals surface area contributed by atoms with Crippen LogP contribution >= 0.6 is 0 Å². The summed E-state index contributed by atoms with van der Waals surface area (Å²) >= 11 is 0. The van der Waals surface area contributed by atoms with Gasteiger partial charge in [0.05, 0.1) is 0 Å². The molecule has 0 amide bonds. The molecular formula is C6H17LiO3Si. The third kappa shape index (κ3) is 8.60. The van der Waals surface area contributed by atoms with Gasteiger partial charge in [-0.15, -0.1) is 0 Å². The summed E-state index contributed by atoms with van der Waals surface area (Å²) < 4.78 is 15.7. The molecule has 64 valence electrons. The van der Waals surface area contributed by atoms with Crippen LogP contribution in [0.25, 0.3) is 0 Å². The van der Waals surface area contributed by atoms with Crippen molar-refractivity contribution in [3.05, 3.63) is 0 Å². The Morgan fingerprint density at radius 2 is 1.09 bits per heavy atom. The van der Waals surface area contributed by atoms with Crippen molar-refractivity contribution in [2.24, 2.45) is 0 Å². The molecule has 0 saturated heterocycles. The summed E-state index contributed by atoms with van der Waals surface area (Å²) in [6, 6.07) is 0. The fourth-order valence-electron chi connectivity index (χ4n) is 0.553. The molecule has 0 aromatic rings. The number of hydrogen-bond acceptors (Lipinski definition) is 3. The van der Waals surface area contributed by atoms with Crippen LogP contribution in [0.15, 0.2) is 0 Å². The molecule has 0 spiro atoms. The van der Waals surface area contributed by atoms with Gasteiger partial charge in [0.25, 0.3) is 0 Å². The van der Waals surface area contributed by atoms with Gasteiger partial charge in [-0.05, 0) is 20.8 Å². The first-order valence-corrected chi connectivity index (χ1v) is 5.11. The normalized spacial score (nSPS) is 9.82. The third-order valence-corrected chi connectivity index (χ3v) is 2.72. The van der Waals surface area contributed by atoms with Gasteiger partial charge in [-0.1, -0.05) is 0 Å². The van der Waals surface area contributed by atoms with E-state index in [9.17, 15) is 0 Å². The van der Waals surface area contributed by atoms with Crippen LogP contribution in [0.4, 0.5) is 0 Å². The summed E-state index contributed by atoms with van der Waals surface area (Å²) in [5.74, 6) is 0. The molecule has 0 unspecified atom stereocenters. The van der Waals surface area contributed by atoms with Crippen molar-refractivity contribution in [1.82, 2.24) is 0 Å². The topological polar surface area (TPSA) is 27.7 Å². The molecule has 0 saturated carbocycles. The van der Waals surface area contributed by atoms with Gasteiger partial charge in [-0.2, -0.15) is 0 Å². The molecule has 0 aliphatic heterocycles. The summed E-state index contributed by atoms with van der Waals surface area (Å²) in [6.07, 6.45) is 0. The van der Waals surface area contributed by atoms with E-state index in [0.717, 1.165) is 0 Å². The molecule has 5 heteroatoms. The Hall–Kier alpha value is 0.694. The van der Waals surface area contributed by atoms with E-state index in [0.29, 0.717) is 19.8 Å². The molecule has 0 atom stereocenters. The van der Waals surface area contributed by atoms with Gasteiger partial charge in [-0.3, -0.25) is 0 Å². The fraction of sp³-hybridized carbons (Fsp3) is 1.00. The molecule has 3 nitrogen and oxygen atoms in total. The molecule has 0 aliphatic rings.